The maximum Gasteiger partial charge on any atom is 0.374 e. The number of aromatic carboxylic acids is 1. The fourth-order valence-corrected chi connectivity index (χ4v) is 2.41. The van der Waals surface area contributed by atoms with E-state index in [-0.39, 0.29) is 18.1 Å². The van der Waals surface area contributed by atoms with Gasteiger partial charge in [0.15, 0.2) is 0 Å². The highest BCUT2D eigenvalue weighted by Crippen LogP contribution is 2.26. The van der Waals surface area contributed by atoms with Crippen molar-refractivity contribution in [1.82, 2.24) is 9.97 Å². The molecule has 0 atom stereocenters. The zero-order valence-electron chi connectivity index (χ0n) is 12.8. The highest BCUT2D eigenvalue weighted by molar-refractivity contribution is 6.30. The van der Waals surface area contributed by atoms with Gasteiger partial charge in [-0.1, -0.05) is 31.0 Å². The predicted molar refractivity (Wildman–Crippen MR) is 83.8 cm³/mol. The average molecular weight is 339 g/mol. The molecule has 0 saturated heterocycles. The van der Waals surface area contributed by atoms with Crippen LogP contribution in [0.25, 0.3) is 0 Å². The first-order chi connectivity index (χ1) is 11.0. The molecule has 5 nitrogen and oxygen atoms in total. The first-order valence-electron chi connectivity index (χ1n) is 7.07. The lowest BCUT2D eigenvalue weighted by atomic mass is 10.0. The fraction of sp³-hybridized carbons (Fsp3) is 0.312. The lowest BCUT2D eigenvalue weighted by molar-refractivity contribution is 0.0681. The van der Waals surface area contributed by atoms with E-state index in [1.807, 2.05) is 6.92 Å². The van der Waals surface area contributed by atoms with Crippen molar-refractivity contribution in [3.05, 3.63) is 51.7 Å². The molecule has 0 radical (unpaired) electrons. The number of carboxylic acids is 1. The van der Waals surface area contributed by atoms with Gasteiger partial charge in [-0.25, -0.2) is 14.2 Å². The SMILES string of the molecule is CCCc1nc(C(=O)O)nc(OC)c1Cc1ccc(Cl)cc1F. The molecule has 0 bridgehead atoms. The van der Waals surface area contributed by atoms with E-state index in [0.717, 1.165) is 6.42 Å². The van der Waals surface area contributed by atoms with Crippen molar-refractivity contribution in [3.63, 3.8) is 0 Å². The first-order valence-corrected chi connectivity index (χ1v) is 7.45. The summed E-state index contributed by atoms with van der Waals surface area (Å²) >= 11 is 5.76. The third kappa shape index (κ3) is 3.96. The van der Waals surface area contributed by atoms with E-state index in [1.165, 1.54) is 13.2 Å². The number of carboxylic acid groups (broad SMARTS) is 1. The van der Waals surface area contributed by atoms with Gasteiger partial charge in [-0.2, -0.15) is 4.98 Å². The monoisotopic (exact) mass is 338 g/mol. The normalized spacial score (nSPS) is 10.6. The molecule has 0 fully saturated rings. The second-order valence-corrected chi connectivity index (χ2v) is 5.39. The van der Waals surface area contributed by atoms with Gasteiger partial charge in [-0.15, -0.1) is 0 Å². The largest absolute Gasteiger partial charge is 0.481 e. The lowest BCUT2D eigenvalue weighted by Crippen LogP contribution is -2.12. The van der Waals surface area contributed by atoms with E-state index < -0.39 is 11.8 Å². The number of hydrogen-bond acceptors (Lipinski definition) is 4. The molecule has 0 unspecified atom stereocenters. The Morgan fingerprint density at radius 3 is 2.70 bits per heavy atom. The summed E-state index contributed by atoms with van der Waals surface area (Å²) in [5.41, 5.74) is 1.54. The van der Waals surface area contributed by atoms with Crippen molar-refractivity contribution in [2.24, 2.45) is 0 Å². The maximum atomic E-state index is 14.0. The molecular formula is C16H16ClFN2O3. The minimum atomic E-state index is -1.23. The van der Waals surface area contributed by atoms with E-state index in [2.05, 4.69) is 9.97 Å². The molecule has 1 N–H and O–H groups in total. The number of aryl methyl sites for hydroxylation is 1. The molecular weight excluding hydrogens is 323 g/mol. The predicted octanol–water partition coefficient (Wildman–Crippen LogP) is 3.52. The molecule has 0 amide bonds. The summed E-state index contributed by atoms with van der Waals surface area (Å²) in [5.74, 6) is -1.85. The van der Waals surface area contributed by atoms with Crippen molar-refractivity contribution in [3.8, 4) is 5.88 Å². The van der Waals surface area contributed by atoms with Crippen LogP contribution in [-0.4, -0.2) is 28.2 Å². The topological polar surface area (TPSA) is 72.3 Å². The van der Waals surface area contributed by atoms with Crippen molar-refractivity contribution in [1.29, 1.82) is 0 Å². The summed E-state index contributed by atoms with van der Waals surface area (Å²) in [6.45, 7) is 1.95. The Labute approximate surface area is 138 Å². The van der Waals surface area contributed by atoms with Crippen LogP contribution in [0, 0.1) is 5.82 Å². The zero-order chi connectivity index (χ0) is 17.0. The Bertz CT molecular complexity index is 738. The van der Waals surface area contributed by atoms with Crippen LogP contribution in [0.2, 0.25) is 5.02 Å². The summed E-state index contributed by atoms with van der Waals surface area (Å²) in [6, 6.07) is 4.41. The molecule has 122 valence electrons. The summed E-state index contributed by atoms with van der Waals surface area (Å²) in [5, 5.41) is 9.41. The van der Waals surface area contributed by atoms with Crippen LogP contribution in [-0.2, 0) is 12.8 Å². The van der Waals surface area contributed by atoms with E-state index in [1.54, 1.807) is 12.1 Å². The van der Waals surface area contributed by atoms with E-state index in [9.17, 15) is 9.18 Å². The number of rotatable bonds is 6. The Hall–Kier alpha value is -2.21. The second kappa shape index (κ2) is 7.37. The van der Waals surface area contributed by atoms with Crippen LogP contribution < -0.4 is 4.74 Å². The molecule has 0 aliphatic carbocycles. The van der Waals surface area contributed by atoms with Crippen LogP contribution >= 0.6 is 11.6 Å². The van der Waals surface area contributed by atoms with Crippen LogP contribution in [0.3, 0.4) is 0 Å². The Morgan fingerprint density at radius 2 is 2.13 bits per heavy atom. The third-order valence-electron chi connectivity index (χ3n) is 3.31. The summed E-state index contributed by atoms with van der Waals surface area (Å²) in [7, 11) is 1.39. The summed E-state index contributed by atoms with van der Waals surface area (Å²) in [6.07, 6.45) is 1.50. The zero-order valence-corrected chi connectivity index (χ0v) is 13.5. The Balaban J connectivity index is 2.52. The molecule has 2 rings (SSSR count). The van der Waals surface area contributed by atoms with Crippen molar-refractivity contribution in [2.75, 3.05) is 7.11 Å². The van der Waals surface area contributed by atoms with Crippen molar-refractivity contribution in [2.45, 2.75) is 26.2 Å². The lowest BCUT2D eigenvalue weighted by Gasteiger charge is -2.13. The number of nitrogens with zero attached hydrogens (tertiary/aromatic N) is 2. The molecule has 2 aromatic rings. The number of halogens is 2. The molecule has 23 heavy (non-hydrogen) atoms. The van der Waals surface area contributed by atoms with Gasteiger partial charge in [0.2, 0.25) is 11.7 Å². The van der Waals surface area contributed by atoms with Gasteiger partial charge in [0.05, 0.1) is 12.8 Å². The minimum absolute atomic E-state index is 0.148. The van der Waals surface area contributed by atoms with Gasteiger partial charge in [0, 0.05) is 17.0 Å². The molecule has 0 aliphatic heterocycles. The molecule has 0 aliphatic rings. The number of hydrogen-bond donors (Lipinski definition) is 1. The number of aromatic nitrogens is 2. The first kappa shape index (κ1) is 17.1. The van der Waals surface area contributed by atoms with E-state index in [0.29, 0.717) is 28.3 Å². The number of benzene rings is 1. The molecule has 7 heteroatoms. The van der Waals surface area contributed by atoms with Gasteiger partial charge in [0.1, 0.15) is 5.82 Å². The molecule has 0 saturated carbocycles. The number of carbonyl (C=O) groups is 1. The number of methoxy groups -OCH3 is 1. The quantitative estimate of drug-likeness (QED) is 0.872. The van der Waals surface area contributed by atoms with Crippen LogP contribution in [0.5, 0.6) is 5.88 Å². The minimum Gasteiger partial charge on any atom is -0.481 e. The smallest absolute Gasteiger partial charge is 0.374 e. The maximum absolute atomic E-state index is 14.0. The van der Waals surface area contributed by atoms with Crippen molar-refractivity contribution >= 4 is 17.6 Å². The van der Waals surface area contributed by atoms with Gasteiger partial charge in [-0.05, 0) is 24.1 Å². The molecule has 1 heterocycles. The van der Waals surface area contributed by atoms with Crippen molar-refractivity contribution < 1.29 is 19.0 Å². The van der Waals surface area contributed by atoms with Crippen LogP contribution in [0.1, 0.15) is 40.8 Å². The molecule has 0 spiro atoms. The van der Waals surface area contributed by atoms with Gasteiger partial charge in [-0.3, -0.25) is 0 Å². The van der Waals surface area contributed by atoms with Crippen LogP contribution in [0.4, 0.5) is 4.39 Å². The van der Waals surface area contributed by atoms with E-state index >= 15 is 0 Å². The van der Waals surface area contributed by atoms with E-state index in [4.69, 9.17) is 21.4 Å². The third-order valence-corrected chi connectivity index (χ3v) is 3.54. The van der Waals surface area contributed by atoms with Gasteiger partial charge in [0.25, 0.3) is 0 Å². The average Bonchev–Trinajstić information content (AvgIpc) is 2.51. The van der Waals surface area contributed by atoms with Gasteiger partial charge < -0.3 is 9.84 Å². The standard InChI is InChI=1S/C16H16ClFN2O3/c1-3-4-13-11(7-9-5-6-10(17)8-12(9)18)15(23-2)20-14(19-13)16(21)22/h5-6,8H,3-4,7H2,1-2H3,(H,21,22). The summed E-state index contributed by atoms with van der Waals surface area (Å²) in [4.78, 5) is 19.1. The second-order valence-electron chi connectivity index (χ2n) is 4.95. The summed E-state index contributed by atoms with van der Waals surface area (Å²) < 4.78 is 19.2. The fourth-order valence-electron chi connectivity index (χ4n) is 2.25. The highest BCUT2D eigenvalue weighted by atomic mass is 35.5. The molecule has 1 aromatic carbocycles. The number of ether oxygens (including phenoxy) is 1. The Morgan fingerprint density at radius 1 is 1.39 bits per heavy atom. The van der Waals surface area contributed by atoms with Gasteiger partial charge >= 0.3 is 5.97 Å². The molecule has 1 aromatic heterocycles. The van der Waals surface area contributed by atoms with Crippen LogP contribution in [0.15, 0.2) is 18.2 Å². The Kier molecular flexibility index (Phi) is 5.50. The highest BCUT2D eigenvalue weighted by Gasteiger charge is 2.19.